The van der Waals surface area contributed by atoms with Gasteiger partial charge in [-0.3, -0.25) is 14.6 Å². The molecule has 0 radical (unpaired) electrons. The highest BCUT2D eigenvalue weighted by Crippen LogP contribution is 2.18. The Morgan fingerprint density at radius 3 is 2.96 bits per heavy atom. The molecule has 2 rings (SSSR count). The van der Waals surface area contributed by atoms with Crippen molar-refractivity contribution in [3.05, 3.63) is 29.6 Å². The molecule has 1 aromatic heterocycles. The quantitative estimate of drug-likeness (QED) is 0.692. The molecule has 1 saturated heterocycles. The number of aromatic nitrogens is 1. The molecule has 1 fully saturated rings. The van der Waals surface area contributed by atoms with E-state index < -0.39 is 6.04 Å². The fourth-order valence-electron chi connectivity index (χ4n) is 2.91. The third-order valence-electron chi connectivity index (χ3n) is 4.35. The number of hydrogen-bond acceptors (Lipinski definition) is 6. The van der Waals surface area contributed by atoms with Gasteiger partial charge < -0.3 is 16.0 Å². The molecule has 2 heterocycles. The lowest BCUT2D eigenvalue weighted by atomic mass is 10.1. The van der Waals surface area contributed by atoms with Crippen LogP contribution in [-0.4, -0.2) is 46.9 Å². The maximum Gasteiger partial charge on any atom is 0.269 e. The monoisotopic (exact) mass is 354 g/mol. The second kappa shape index (κ2) is 9.50. The minimum absolute atomic E-state index is 0.171. The van der Waals surface area contributed by atoms with E-state index in [4.69, 9.17) is 16.3 Å². The summed E-state index contributed by atoms with van der Waals surface area (Å²) in [6, 6.07) is 6.10. The van der Waals surface area contributed by atoms with E-state index in [1.165, 1.54) is 18.3 Å². The third-order valence-corrected chi connectivity index (χ3v) is 4.35. The van der Waals surface area contributed by atoms with E-state index >= 15 is 0 Å². The fourth-order valence-corrected chi connectivity index (χ4v) is 2.91. The molecule has 1 unspecified atom stereocenters. The van der Waals surface area contributed by atoms with Gasteiger partial charge in [0.15, 0.2) is 0 Å². The van der Waals surface area contributed by atoms with E-state index in [-0.39, 0.29) is 23.6 Å². The molecule has 1 aliphatic rings. The summed E-state index contributed by atoms with van der Waals surface area (Å²) in [5.41, 5.74) is 6.53. The van der Waals surface area contributed by atoms with Crippen LogP contribution in [0.15, 0.2) is 18.3 Å². The molecule has 0 spiro atoms. The number of hydrogen-bond donors (Lipinski definition) is 2. The normalized spacial score (nSPS) is 17.2. The molecule has 2 amide bonds. The number of nitrogens with zero attached hydrogens (tertiary/aromatic N) is 4. The maximum atomic E-state index is 12.3. The first-order valence-corrected chi connectivity index (χ1v) is 8.67. The van der Waals surface area contributed by atoms with Gasteiger partial charge in [-0.25, -0.2) is 0 Å². The summed E-state index contributed by atoms with van der Waals surface area (Å²) < 4.78 is 0. The van der Waals surface area contributed by atoms with Crippen LogP contribution in [0, 0.1) is 22.7 Å². The smallest absolute Gasteiger partial charge is 0.269 e. The summed E-state index contributed by atoms with van der Waals surface area (Å²) in [4.78, 5) is 29.7. The Balaban J connectivity index is 1.68. The Morgan fingerprint density at radius 1 is 1.42 bits per heavy atom. The van der Waals surface area contributed by atoms with Gasteiger partial charge in [0.2, 0.25) is 5.91 Å². The third kappa shape index (κ3) is 5.01. The number of pyridine rings is 1. The highest BCUT2D eigenvalue weighted by Gasteiger charge is 2.31. The van der Waals surface area contributed by atoms with E-state index in [1.807, 2.05) is 6.07 Å². The van der Waals surface area contributed by atoms with Gasteiger partial charge in [0.25, 0.3) is 5.91 Å². The highest BCUT2D eigenvalue weighted by atomic mass is 16.2. The van der Waals surface area contributed by atoms with Gasteiger partial charge in [0.1, 0.15) is 11.7 Å². The number of nitrogens with one attached hydrogen (secondary N) is 1. The van der Waals surface area contributed by atoms with E-state index in [1.54, 1.807) is 4.90 Å². The van der Waals surface area contributed by atoms with Crippen LogP contribution in [0.25, 0.3) is 0 Å². The van der Waals surface area contributed by atoms with Gasteiger partial charge in [-0.1, -0.05) is 0 Å². The van der Waals surface area contributed by atoms with Gasteiger partial charge in [-0.15, -0.1) is 0 Å². The molecule has 26 heavy (non-hydrogen) atoms. The first-order chi connectivity index (χ1) is 12.6. The van der Waals surface area contributed by atoms with Gasteiger partial charge in [0, 0.05) is 19.3 Å². The van der Waals surface area contributed by atoms with Crippen LogP contribution in [0.3, 0.4) is 0 Å². The molecule has 0 saturated carbocycles. The molecule has 3 N–H and O–H groups in total. The second-order valence-electron chi connectivity index (χ2n) is 6.22. The molecule has 0 bridgehead atoms. The van der Waals surface area contributed by atoms with Crippen LogP contribution in [0.2, 0.25) is 0 Å². The SMILES string of the molecule is N#Cc1ccnc(C(=O)NCCCCC(N)C(=O)N2CCC[C@H]2C#N)c1. The summed E-state index contributed by atoms with van der Waals surface area (Å²) in [5.74, 6) is -0.507. The van der Waals surface area contributed by atoms with Gasteiger partial charge in [-0.05, 0) is 44.2 Å². The largest absolute Gasteiger partial charge is 0.351 e. The molecule has 1 aromatic rings. The number of carbonyl (C=O) groups is 2. The van der Waals surface area contributed by atoms with Crippen LogP contribution in [0.5, 0.6) is 0 Å². The molecule has 8 nitrogen and oxygen atoms in total. The summed E-state index contributed by atoms with van der Waals surface area (Å²) in [6.07, 6.45) is 4.83. The van der Waals surface area contributed by atoms with E-state index in [9.17, 15) is 9.59 Å². The lowest BCUT2D eigenvalue weighted by Crippen LogP contribution is -2.45. The summed E-state index contributed by atoms with van der Waals surface area (Å²) >= 11 is 0. The number of likely N-dealkylation sites (tertiary alicyclic amines) is 1. The fraction of sp³-hybridized carbons (Fsp3) is 0.500. The number of nitriles is 2. The molecule has 0 aromatic carbocycles. The lowest BCUT2D eigenvalue weighted by Gasteiger charge is -2.23. The van der Waals surface area contributed by atoms with E-state index in [0.29, 0.717) is 44.3 Å². The average Bonchev–Trinajstić information content (AvgIpc) is 3.15. The van der Waals surface area contributed by atoms with Crippen molar-refractivity contribution < 1.29 is 9.59 Å². The lowest BCUT2D eigenvalue weighted by molar-refractivity contribution is -0.132. The highest BCUT2D eigenvalue weighted by molar-refractivity contribution is 5.92. The zero-order valence-corrected chi connectivity index (χ0v) is 14.5. The van der Waals surface area contributed by atoms with Crippen molar-refractivity contribution in [3.63, 3.8) is 0 Å². The van der Waals surface area contributed by atoms with E-state index in [2.05, 4.69) is 16.4 Å². The van der Waals surface area contributed by atoms with Crippen LogP contribution in [0.1, 0.15) is 48.2 Å². The Kier molecular flexibility index (Phi) is 7.07. The number of unbranched alkanes of at least 4 members (excludes halogenated alkanes) is 1. The van der Waals surface area contributed by atoms with Crippen molar-refractivity contribution in [2.24, 2.45) is 5.73 Å². The van der Waals surface area contributed by atoms with Crippen LogP contribution in [-0.2, 0) is 4.79 Å². The second-order valence-corrected chi connectivity index (χ2v) is 6.22. The summed E-state index contributed by atoms with van der Waals surface area (Å²) in [6.45, 7) is 1.03. The minimum Gasteiger partial charge on any atom is -0.351 e. The van der Waals surface area contributed by atoms with Crippen molar-refractivity contribution in [3.8, 4) is 12.1 Å². The molecular formula is C18H22N6O2. The maximum absolute atomic E-state index is 12.3. The topological polar surface area (TPSA) is 136 Å². The average molecular weight is 354 g/mol. The van der Waals surface area contributed by atoms with Gasteiger partial charge >= 0.3 is 0 Å². The molecule has 0 aliphatic carbocycles. The molecule has 8 heteroatoms. The van der Waals surface area contributed by atoms with Crippen molar-refractivity contribution >= 4 is 11.8 Å². The van der Waals surface area contributed by atoms with Crippen molar-refractivity contribution in [1.29, 1.82) is 10.5 Å². The van der Waals surface area contributed by atoms with Gasteiger partial charge in [0.05, 0.1) is 23.7 Å². The summed E-state index contributed by atoms with van der Waals surface area (Å²) in [7, 11) is 0. The molecular weight excluding hydrogens is 332 g/mol. The Morgan fingerprint density at radius 2 is 2.23 bits per heavy atom. The number of carbonyl (C=O) groups excluding carboxylic acids is 2. The van der Waals surface area contributed by atoms with Crippen molar-refractivity contribution in [2.75, 3.05) is 13.1 Å². The predicted molar refractivity (Wildman–Crippen MR) is 93.5 cm³/mol. The minimum atomic E-state index is -0.617. The predicted octanol–water partition coefficient (Wildman–Crippen LogP) is 0.695. The standard InChI is InChI=1S/C18H22N6O2/c19-11-13-6-8-22-16(10-13)17(25)23-7-2-1-5-15(21)18(26)24-9-3-4-14(24)12-20/h6,8,10,14-15H,1-5,7,9,21H2,(H,23,25)/t14-,15?/m0/s1. The molecule has 2 atom stereocenters. The molecule has 1 aliphatic heterocycles. The summed E-state index contributed by atoms with van der Waals surface area (Å²) in [5, 5.41) is 20.6. The van der Waals surface area contributed by atoms with Crippen LogP contribution < -0.4 is 11.1 Å². The number of amides is 2. The first kappa shape index (κ1) is 19.4. The van der Waals surface area contributed by atoms with Crippen LogP contribution in [0.4, 0.5) is 0 Å². The Labute approximate surface area is 152 Å². The van der Waals surface area contributed by atoms with Crippen LogP contribution >= 0.6 is 0 Å². The van der Waals surface area contributed by atoms with Gasteiger partial charge in [-0.2, -0.15) is 10.5 Å². The van der Waals surface area contributed by atoms with Crippen molar-refractivity contribution in [2.45, 2.75) is 44.2 Å². The zero-order chi connectivity index (χ0) is 18.9. The number of nitrogens with two attached hydrogens (primary N) is 1. The first-order valence-electron chi connectivity index (χ1n) is 8.67. The Hall–Kier alpha value is -2.97. The molecule has 136 valence electrons. The zero-order valence-electron chi connectivity index (χ0n) is 14.5. The van der Waals surface area contributed by atoms with Crippen molar-refractivity contribution in [1.82, 2.24) is 15.2 Å². The van der Waals surface area contributed by atoms with E-state index in [0.717, 1.165) is 6.42 Å². The Bertz CT molecular complexity index is 736. The number of rotatable bonds is 7.